The van der Waals surface area contributed by atoms with Gasteiger partial charge in [0, 0.05) is 18.7 Å². The topological polar surface area (TPSA) is 75.4 Å². The predicted molar refractivity (Wildman–Crippen MR) is 88.1 cm³/mol. The van der Waals surface area contributed by atoms with Gasteiger partial charge in [-0.05, 0) is 24.5 Å². The van der Waals surface area contributed by atoms with Crippen LogP contribution in [0.2, 0.25) is 0 Å². The van der Waals surface area contributed by atoms with Gasteiger partial charge < -0.3 is 5.11 Å². The van der Waals surface area contributed by atoms with E-state index in [1.165, 1.54) is 12.1 Å². The molecule has 2 aromatic rings. The number of nitro benzene ring substituents is 1. The largest absolute Gasteiger partial charge is 0.372 e. The molecule has 0 spiro atoms. The van der Waals surface area contributed by atoms with E-state index in [1.807, 2.05) is 30.3 Å². The summed E-state index contributed by atoms with van der Waals surface area (Å²) in [5.74, 6) is 0. The molecule has 0 heterocycles. The average molecular weight is 323 g/mol. The zero-order valence-corrected chi connectivity index (χ0v) is 13.0. The lowest BCUT2D eigenvalue weighted by atomic mass is 10.0. The fourth-order valence-corrected chi connectivity index (χ4v) is 2.10. The molecule has 0 saturated heterocycles. The van der Waals surface area contributed by atoms with E-state index in [4.69, 9.17) is 0 Å². The molecule has 6 heteroatoms. The first-order valence-corrected chi connectivity index (χ1v) is 6.75. The van der Waals surface area contributed by atoms with E-state index in [-0.39, 0.29) is 18.1 Å². The van der Waals surface area contributed by atoms with Gasteiger partial charge in [-0.15, -0.1) is 12.4 Å². The maximum Gasteiger partial charge on any atom is 0.269 e. The first kappa shape index (κ1) is 18.1. The number of halogens is 1. The van der Waals surface area contributed by atoms with Crippen LogP contribution in [0.3, 0.4) is 0 Å². The van der Waals surface area contributed by atoms with E-state index in [9.17, 15) is 15.2 Å². The van der Waals surface area contributed by atoms with Gasteiger partial charge in [0.05, 0.1) is 4.92 Å². The predicted octanol–water partition coefficient (Wildman–Crippen LogP) is 3.01. The summed E-state index contributed by atoms with van der Waals surface area (Å²) in [6.45, 7) is 2.28. The Morgan fingerprint density at radius 1 is 1.14 bits per heavy atom. The van der Waals surface area contributed by atoms with Gasteiger partial charge in [-0.1, -0.05) is 42.5 Å². The molecular weight excluding hydrogens is 304 g/mol. The quantitative estimate of drug-likeness (QED) is 0.487. The first-order chi connectivity index (χ1) is 9.99. The lowest BCUT2D eigenvalue weighted by Crippen LogP contribution is -2.40. The molecule has 0 amide bonds. The summed E-state index contributed by atoms with van der Waals surface area (Å²) < 4.78 is 0. The third kappa shape index (κ3) is 4.80. The van der Waals surface area contributed by atoms with Crippen LogP contribution in [-0.2, 0) is 12.1 Å². The molecule has 2 aromatic carbocycles. The van der Waals surface area contributed by atoms with Crippen molar-refractivity contribution in [1.82, 2.24) is 5.32 Å². The maximum absolute atomic E-state index is 10.6. The van der Waals surface area contributed by atoms with Crippen molar-refractivity contribution in [2.24, 2.45) is 0 Å². The number of hydrogen-bond acceptors (Lipinski definition) is 4. The number of nitrogens with zero attached hydrogens (tertiary/aromatic N) is 1. The van der Waals surface area contributed by atoms with E-state index >= 15 is 0 Å². The van der Waals surface area contributed by atoms with Gasteiger partial charge in [0.1, 0.15) is 5.72 Å². The minimum Gasteiger partial charge on any atom is -0.372 e. The van der Waals surface area contributed by atoms with Crippen LogP contribution in [0.15, 0.2) is 54.6 Å². The Morgan fingerprint density at radius 3 is 2.27 bits per heavy atom. The van der Waals surface area contributed by atoms with Gasteiger partial charge >= 0.3 is 0 Å². The summed E-state index contributed by atoms with van der Waals surface area (Å²) in [6, 6.07) is 15.8. The normalized spacial score (nSPS) is 13.0. The van der Waals surface area contributed by atoms with Crippen LogP contribution in [0.5, 0.6) is 0 Å². The SMILES string of the molecule is CC(O)(NCCc1ccc([N+](=O)[O-])cc1)c1ccccc1.Cl. The Labute approximate surface area is 135 Å². The summed E-state index contributed by atoms with van der Waals surface area (Å²) in [5, 5.41) is 24.0. The van der Waals surface area contributed by atoms with Gasteiger partial charge in [-0.25, -0.2) is 0 Å². The molecule has 0 aromatic heterocycles. The second-order valence-corrected chi connectivity index (χ2v) is 5.04. The van der Waals surface area contributed by atoms with E-state index in [0.717, 1.165) is 11.1 Å². The molecule has 0 fully saturated rings. The number of non-ortho nitro benzene ring substituents is 1. The number of benzene rings is 2. The van der Waals surface area contributed by atoms with Crippen LogP contribution in [0, 0.1) is 10.1 Å². The number of aliphatic hydroxyl groups is 1. The highest BCUT2D eigenvalue weighted by atomic mass is 35.5. The average Bonchev–Trinajstić information content (AvgIpc) is 2.48. The minimum atomic E-state index is -1.10. The Kier molecular flexibility index (Phi) is 6.49. The highest BCUT2D eigenvalue weighted by Gasteiger charge is 2.21. The molecule has 0 aliphatic rings. The highest BCUT2D eigenvalue weighted by Crippen LogP contribution is 2.17. The van der Waals surface area contributed by atoms with Crippen LogP contribution in [-0.4, -0.2) is 16.6 Å². The molecule has 0 radical (unpaired) electrons. The van der Waals surface area contributed by atoms with Crippen LogP contribution in [0.25, 0.3) is 0 Å². The molecule has 0 bridgehead atoms. The Balaban J connectivity index is 0.00000242. The van der Waals surface area contributed by atoms with Crippen LogP contribution < -0.4 is 5.32 Å². The molecule has 0 aliphatic carbocycles. The Hall–Kier alpha value is -1.95. The molecular formula is C16H19ClN2O3. The summed E-state index contributed by atoms with van der Waals surface area (Å²) in [5.41, 5.74) is 0.774. The maximum atomic E-state index is 10.6. The molecule has 22 heavy (non-hydrogen) atoms. The third-order valence-electron chi connectivity index (χ3n) is 3.37. The fourth-order valence-electron chi connectivity index (χ4n) is 2.10. The summed E-state index contributed by atoms with van der Waals surface area (Å²) in [7, 11) is 0. The van der Waals surface area contributed by atoms with Crippen LogP contribution in [0.1, 0.15) is 18.1 Å². The lowest BCUT2D eigenvalue weighted by Gasteiger charge is -2.25. The lowest BCUT2D eigenvalue weighted by molar-refractivity contribution is -0.384. The molecule has 118 valence electrons. The molecule has 1 atom stereocenters. The zero-order valence-electron chi connectivity index (χ0n) is 12.2. The Bertz CT molecular complexity index is 601. The van der Waals surface area contributed by atoms with Crippen LogP contribution in [0.4, 0.5) is 5.69 Å². The second kappa shape index (κ2) is 7.89. The van der Waals surface area contributed by atoms with Gasteiger partial charge in [-0.3, -0.25) is 15.4 Å². The highest BCUT2D eigenvalue weighted by molar-refractivity contribution is 5.85. The minimum absolute atomic E-state index is 0. The van der Waals surface area contributed by atoms with Crippen molar-refractivity contribution in [2.45, 2.75) is 19.1 Å². The van der Waals surface area contributed by atoms with Crippen molar-refractivity contribution < 1.29 is 10.0 Å². The van der Waals surface area contributed by atoms with Gasteiger partial charge in [0.2, 0.25) is 0 Å². The number of rotatable bonds is 6. The van der Waals surface area contributed by atoms with Crippen LogP contribution >= 0.6 is 12.4 Å². The molecule has 2 rings (SSSR count). The third-order valence-corrected chi connectivity index (χ3v) is 3.37. The number of hydrogen-bond donors (Lipinski definition) is 2. The number of nitrogens with one attached hydrogen (secondary N) is 1. The summed E-state index contributed by atoms with van der Waals surface area (Å²) in [4.78, 5) is 10.2. The van der Waals surface area contributed by atoms with Gasteiger partial charge in [0.15, 0.2) is 0 Å². The standard InChI is InChI=1S/C16H18N2O3.ClH/c1-16(19,14-5-3-2-4-6-14)17-12-11-13-7-9-15(10-8-13)18(20)21;/h2-10,17,19H,11-12H2,1H3;1H. The first-order valence-electron chi connectivity index (χ1n) is 6.75. The Morgan fingerprint density at radius 2 is 1.73 bits per heavy atom. The van der Waals surface area contributed by atoms with Gasteiger partial charge in [-0.2, -0.15) is 0 Å². The van der Waals surface area contributed by atoms with Crippen molar-refractivity contribution in [2.75, 3.05) is 6.54 Å². The molecule has 0 saturated carbocycles. The molecule has 0 aliphatic heterocycles. The van der Waals surface area contributed by atoms with Crippen molar-refractivity contribution in [3.8, 4) is 0 Å². The van der Waals surface area contributed by atoms with Gasteiger partial charge in [0.25, 0.3) is 5.69 Å². The zero-order chi connectivity index (χ0) is 15.3. The van der Waals surface area contributed by atoms with Crippen molar-refractivity contribution >= 4 is 18.1 Å². The van der Waals surface area contributed by atoms with Crippen molar-refractivity contribution in [1.29, 1.82) is 0 Å². The molecule has 5 nitrogen and oxygen atoms in total. The fraction of sp³-hybridized carbons (Fsp3) is 0.250. The molecule has 2 N–H and O–H groups in total. The monoisotopic (exact) mass is 322 g/mol. The summed E-state index contributed by atoms with van der Waals surface area (Å²) in [6.07, 6.45) is 0.682. The second-order valence-electron chi connectivity index (χ2n) is 5.04. The van der Waals surface area contributed by atoms with E-state index < -0.39 is 10.6 Å². The smallest absolute Gasteiger partial charge is 0.269 e. The van der Waals surface area contributed by atoms with E-state index in [2.05, 4.69) is 5.32 Å². The summed E-state index contributed by atoms with van der Waals surface area (Å²) >= 11 is 0. The number of nitro groups is 1. The van der Waals surface area contributed by atoms with Crippen molar-refractivity contribution in [3.63, 3.8) is 0 Å². The van der Waals surface area contributed by atoms with Crippen molar-refractivity contribution in [3.05, 3.63) is 75.8 Å². The molecule has 1 unspecified atom stereocenters. The van der Waals surface area contributed by atoms with E-state index in [0.29, 0.717) is 13.0 Å². The van der Waals surface area contributed by atoms with E-state index in [1.54, 1.807) is 19.1 Å².